The third-order valence-electron chi connectivity index (χ3n) is 3.04. The highest BCUT2D eigenvalue weighted by molar-refractivity contribution is 7.89. The molecule has 3 heterocycles. The second-order valence-corrected chi connectivity index (χ2v) is 6.98. The van der Waals surface area contributed by atoms with E-state index in [0.29, 0.717) is 4.96 Å². The third kappa shape index (κ3) is 2.50. The zero-order valence-electron chi connectivity index (χ0n) is 11.1. The molecule has 3 aromatic rings. The van der Waals surface area contributed by atoms with Gasteiger partial charge < -0.3 is 5.73 Å². The average Bonchev–Trinajstić information content (AvgIpc) is 2.98. The van der Waals surface area contributed by atoms with Crippen molar-refractivity contribution in [3.05, 3.63) is 41.7 Å². The number of nitrogens with two attached hydrogens (primary N) is 1. The minimum Gasteiger partial charge on any atom is -0.381 e. The van der Waals surface area contributed by atoms with E-state index in [0.717, 1.165) is 5.56 Å². The molecule has 0 saturated heterocycles. The molecule has 9 heteroatoms. The highest BCUT2D eigenvalue weighted by Gasteiger charge is 2.26. The number of nitrogen functional groups attached to an aromatic ring is 1. The predicted octanol–water partition coefficient (Wildman–Crippen LogP) is 1.41. The normalized spacial score (nSPS) is 13.6. The van der Waals surface area contributed by atoms with Crippen LogP contribution in [0.4, 0.5) is 5.82 Å². The summed E-state index contributed by atoms with van der Waals surface area (Å²) >= 11 is 1.33. The van der Waals surface area contributed by atoms with Gasteiger partial charge in [-0.05, 0) is 24.6 Å². The van der Waals surface area contributed by atoms with Gasteiger partial charge in [0.1, 0.15) is 0 Å². The Balaban J connectivity index is 1.98. The molecular formula is C12H13N5O2S2. The largest absolute Gasteiger partial charge is 0.381 e. The molecule has 0 radical (unpaired) electrons. The van der Waals surface area contributed by atoms with Crippen LogP contribution >= 0.6 is 11.3 Å². The Morgan fingerprint density at radius 1 is 1.38 bits per heavy atom. The van der Waals surface area contributed by atoms with Crippen molar-refractivity contribution in [3.63, 3.8) is 0 Å². The number of anilines is 1. The van der Waals surface area contributed by atoms with Crippen LogP contribution in [0.1, 0.15) is 18.5 Å². The number of imidazole rings is 1. The van der Waals surface area contributed by atoms with Gasteiger partial charge in [0.15, 0.2) is 15.8 Å². The van der Waals surface area contributed by atoms with Gasteiger partial charge in [-0.3, -0.25) is 9.38 Å². The zero-order valence-corrected chi connectivity index (χ0v) is 12.7. The summed E-state index contributed by atoms with van der Waals surface area (Å²) in [6, 6.07) is 3.11. The fourth-order valence-corrected chi connectivity index (χ4v) is 4.28. The van der Waals surface area contributed by atoms with Crippen molar-refractivity contribution in [1.29, 1.82) is 0 Å². The molecule has 21 heavy (non-hydrogen) atoms. The van der Waals surface area contributed by atoms with Gasteiger partial charge in [0, 0.05) is 30.0 Å². The lowest BCUT2D eigenvalue weighted by molar-refractivity contribution is 0.562. The zero-order chi connectivity index (χ0) is 15.0. The molecule has 0 aromatic carbocycles. The Morgan fingerprint density at radius 2 is 2.10 bits per heavy atom. The summed E-state index contributed by atoms with van der Waals surface area (Å²) in [5, 5.41) is 1.73. The summed E-state index contributed by atoms with van der Waals surface area (Å²) < 4.78 is 29.2. The van der Waals surface area contributed by atoms with Crippen molar-refractivity contribution < 1.29 is 8.42 Å². The van der Waals surface area contributed by atoms with Crippen LogP contribution in [-0.2, 0) is 10.0 Å². The molecule has 0 spiro atoms. The van der Waals surface area contributed by atoms with Gasteiger partial charge in [0.2, 0.25) is 0 Å². The third-order valence-corrected chi connectivity index (χ3v) is 5.37. The number of nitrogens with zero attached hydrogens (tertiary/aromatic N) is 3. The first-order chi connectivity index (χ1) is 9.99. The van der Waals surface area contributed by atoms with Crippen molar-refractivity contribution >= 4 is 32.1 Å². The standard InChI is InChI=1S/C12H13N5O2S2/c1-8(9-2-4-14-5-3-9)16-21(18,19)11-10(13)15-12-17(11)6-7-20-12/h2-8,16H,13H2,1H3. The number of nitrogens with one attached hydrogen (secondary N) is 1. The van der Waals surface area contributed by atoms with Crippen LogP contribution in [0.3, 0.4) is 0 Å². The lowest BCUT2D eigenvalue weighted by Gasteiger charge is -2.14. The van der Waals surface area contributed by atoms with Crippen LogP contribution < -0.4 is 10.5 Å². The molecule has 1 atom stereocenters. The molecule has 0 aliphatic carbocycles. The maximum Gasteiger partial charge on any atom is 0.260 e. The second-order valence-electron chi connectivity index (χ2n) is 4.48. The van der Waals surface area contributed by atoms with E-state index in [1.54, 1.807) is 43.0 Å². The van der Waals surface area contributed by atoms with E-state index in [2.05, 4.69) is 14.7 Å². The fourth-order valence-electron chi connectivity index (χ4n) is 2.06. The Hall–Kier alpha value is -1.97. The van der Waals surface area contributed by atoms with Crippen LogP contribution in [0.15, 0.2) is 41.1 Å². The Morgan fingerprint density at radius 3 is 2.81 bits per heavy atom. The summed E-state index contributed by atoms with van der Waals surface area (Å²) in [4.78, 5) is 8.51. The summed E-state index contributed by atoms with van der Waals surface area (Å²) in [7, 11) is -3.78. The number of hydrogen-bond acceptors (Lipinski definition) is 6. The molecule has 110 valence electrons. The molecule has 0 amide bonds. The molecule has 0 fully saturated rings. The van der Waals surface area contributed by atoms with Gasteiger partial charge >= 0.3 is 0 Å². The first kappa shape index (κ1) is 14.0. The minimum atomic E-state index is -3.78. The van der Waals surface area contributed by atoms with Gasteiger partial charge in [-0.15, -0.1) is 11.3 Å². The van der Waals surface area contributed by atoms with Gasteiger partial charge in [0.25, 0.3) is 10.0 Å². The molecule has 3 rings (SSSR count). The van der Waals surface area contributed by atoms with Crippen molar-refractivity contribution in [2.24, 2.45) is 0 Å². The molecule has 0 saturated carbocycles. The highest BCUT2D eigenvalue weighted by Crippen LogP contribution is 2.24. The van der Waals surface area contributed by atoms with Crippen molar-refractivity contribution in [2.75, 3.05) is 5.73 Å². The Kier molecular flexibility index (Phi) is 3.40. The monoisotopic (exact) mass is 323 g/mol. The van der Waals surface area contributed by atoms with E-state index in [1.165, 1.54) is 15.7 Å². The molecule has 0 aliphatic heterocycles. The van der Waals surface area contributed by atoms with Crippen LogP contribution in [-0.4, -0.2) is 22.8 Å². The van der Waals surface area contributed by atoms with Crippen LogP contribution in [0.25, 0.3) is 4.96 Å². The van der Waals surface area contributed by atoms with Crippen molar-refractivity contribution in [3.8, 4) is 0 Å². The molecule has 3 aromatic heterocycles. The smallest absolute Gasteiger partial charge is 0.260 e. The number of fused-ring (bicyclic) bond motifs is 1. The molecular weight excluding hydrogens is 310 g/mol. The number of rotatable bonds is 4. The maximum absolute atomic E-state index is 12.5. The predicted molar refractivity (Wildman–Crippen MR) is 80.5 cm³/mol. The first-order valence-electron chi connectivity index (χ1n) is 6.12. The Bertz CT molecular complexity index is 870. The minimum absolute atomic E-state index is 0.00345. The fraction of sp³-hybridized carbons (Fsp3) is 0.167. The maximum atomic E-state index is 12.5. The van der Waals surface area contributed by atoms with Gasteiger partial charge in [-0.2, -0.15) is 0 Å². The van der Waals surface area contributed by atoms with E-state index in [-0.39, 0.29) is 10.8 Å². The van der Waals surface area contributed by atoms with E-state index in [4.69, 9.17) is 5.73 Å². The van der Waals surface area contributed by atoms with Gasteiger partial charge in [0.05, 0.1) is 0 Å². The van der Waals surface area contributed by atoms with E-state index >= 15 is 0 Å². The molecule has 0 aliphatic rings. The number of pyridine rings is 1. The van der Waals surface area contributed by atoms with Crippen molar-refractivity contribution in [1.82, 2.24) is 19.1 Å². The first-order valence-corrected chi connectivity index (χ1v) is 8.48. The Labute approximate surface area is 125 Å². The molecule has 7 nitrogen and oxygen atoms in total. The molecule has 3 N–H and O–H groups in total. The van der Waals surface area contributed by atoms with Crippen molar-refractivity contribution in [2.45, 2.75) is 18.0 Å². The molecule has 1 unspecified atom stereocenters. The summed E-state index contributed by atoms with van der Waals surface area (Å²) in [6.07, 6.45) is 4.86. The van der Waals surface area contributed by atoms with E-state index in [9.17, 15) is 8.42 Å². The topological polar surface area (TPSA) is 102 Å². The average molecular weight is 323 g/mol. The van der Waals surface area contributed by atoms with Crippen LogP contribution in [0.5, 0.6) is 0 Å². The number of aromatic nitrogens is 3. The van der Waals surface area contributed by atoms with Gasteiger partial charge in [-0.25, -0.2) is 18.1 Å². The number of thiazole rings is 1. The SMILES string of the molecule is CC(NS(=O)(=O)c1c(N)nc2sccn12)c1ccncc1. The molecule has 0 bridgehead atoms. The van der Waals surface area contributed by atoms with Gasteiger partial charge in [-0.1, -0.05) is 0 Å². The van der Waals surface area contributed by atoms with E-state index in [1.807, 2.05) is 0 Å². The summed E-state index contributed by atoms with van der Waals surface area (Å²) in [6.45, 7) is 1.76. The van der Waals surface area contributed by atoms with Crippen LogP contribution in [0, 0.1) is 0 Å². The summed E-state index contributed by atoms with van der Waals surface area (Å²) in [5.74, 6) is -0.00345. The highest BCUT2D eigenvalue weighted by atomic mass is 32.2. The quantitative estimate of drug-likeness (QED) is 0.756. The lowest BCUT2D eigenvalue weighted by atomic mass is 10.1. The van der Waals surface area contributed by atoms with Crippen LogP contribution in [0.2, 0.25) is 0 Å². The number of hydrogen-bond donors (Lipinski definition) is 2. The summed E-state index contributed by atoms with van der Waals surface area (Å²) in [5.41, 5.74) is 6.56. The number of sulfonamides is 1. The van der Waals surface area contributed by atoms with E-state index < -0.39 is 16.1 Å². The lowest BCUT2D eigenvalue weighted by Crippen LogP contribution is -2.28. The second kappa shape index (κ2) is 5.10.